The van der Waals surface area contributed by atoms with Crippen LogP contribution in [0.5, 0.6) is 0 Å². The fraction of sp³-hybridized carbons (Fsp3) is 0.250. The summed E-state index contributed by atoms with van der Waals surface area (Å²) < 4.78 is 62.0. The predicted octanol–water partition coefficient (Wildman–Crippen LogP) is 2.82. The van der Waals surface area contributed by atoms with E-state index in [0.717, 1.165) is 6.07 Å². The highest BCUT2D eigenvalue weighted by molar-refractivity contribution is 5.52. The first-order valence-corrected chi connectivity index (χ1v) is 4.13. The van der Waals surface area contributed by atoms with Crippen LogP contribution in [0.25, 0.3) is 0 Å². The molecule has 0 spiro atoms. The standard InChI is InChI=1S/C8H2F5N3O2/c9-7(10)4-1-3(8(11,12)13)6(16(17)18)5(2-14)15-4/h1,7H. The van der Waals surface area contributed by atoms with Crippen LogP contribution in [-0.4, -0.2) is 9.91 Å². The van der Waals surface area contributed by atoms with Crippen molar-refractivity contribution < 1.29 is 26.9 Å². The van der Waals surface area contributed by atoms with Gasteiger partial charge in [-0.25, -0.2) is 13.8 Å². The number of hydrogen-bond donors (Lipinski definition) is 0. The van der Waals surface area contributed by atoms with Crippen LogP contribution < -0.4 is 0 Å². The molecule has 1 aromatic heterocycles. The van der Waals surface area contributed by atoms with Crippen molar-refractivity contribution in [3.8, 4) is 6.07 Å². The van der Waals surface area contributed by atoms with E-state index in [9.17, 15) is 32.1 Å². The molecule has 0 saturated heterocycles. The fourth-order valence-corrected chi connectivity index (χ4v) is 1.15. The topological polar surface area (TPSA) is 79.8 Å². The second kappa shape index (κ2) is 4.52. The molecule has 0 N–H and O–H groups in total. The van der Waals surface area contributed by atoms with Crippen molar-refractivity contribution in [3.63, 3.8) is 0 Å². The lowest BCUT2D eigenvalue weighted by atomic mass is 10.1. The van der Waals surface area contributed by atoms with E-state index >= 15 is 0 Å². The predicted molar refractivity (Wildman–Crippen MR) is 45.6 cm³/mol. The molecule has 0 radical (unpaired) electrons. The van der Waals surface area contributed by atoms with Gasteiger partial charge in [-0.05, 0) is 6.07 Å². The van der Waals surface area contributed by atoms with Gasteiger partial charge >= 0.3 is 11.9 Å². The minimum Gasteiger partial charge on any atom is -0.258 e. The molecule has 96 valence electrons. The van der Waals surface area contributed by atoms with E-state index in [4.69, 9.17) is 5.26 Å². The average Bonchev–Trinajstić information content (AvgIpc) is 2.25. The summed E-state index contributed by atoms with van der Waals surface area (Å²) in [6.45, 7) is 0. The van der Waals surface area contributed by atoms with E-state index in [2.05, 4.69) is 4.98 Å². The molecule has 0 saturated carbocycles. The monoisotopic (exact) mass is 267 g/mol. The van der Waals surface area contributed by atoms with Crippen LogP contribution in [0.3, 0.4) is 0 Å². The zero-order chi connectivity index (χ0) is 14.1. The second-order valence-electron chi connectivity index (χ2n) is 2.96. The zero-order valence-electron chi connectivity index (χ0n) is 8.20. The Hall–Kier alpha value is -2.31. The number of pyridine rings is 1. The summed E-state index contributed by atoms with van der Waals surface area (Å²) in [6, 6.07) is 0.863. The lowest BCUT2D eigenvalue weighted by Crippen LogP contribution is -2.13. The summed E-state index contributed by atoms with van der Waals surface area (Å²) in [5.74, 6) is 0. The number of halogens is 5. The summed E-state index contributed by atoms with van der Waals surface area (Å²) in [5.41, 5.74) is -6.20. The number of rotatable bonds is 2. The molecule has 0 aliphatic rings. The van der Waals surface area contributed by atoms with Crippen molar-refractivity contribution in [2.75, 3.05) is 0 Å². The van der Waals surface area contributed by atoms with Gasteiger partial charge in [-0.15, -0.1) is 0 Å². The van der Waals surface area contributed by atoms with Gasteiger partial charge in [0, 0.05) is 0 Å². The lowest BCUT2D eigenvalue weighted by molar-refractivity contribution is -0.388. The van der Waals surface area contributed by atoms with Gasteiger partial charge in [0.1, 0.15) is 17.3 Å². The number of nitrogens with zero attached hydrogens (tertiary/aromatic N) is 3. The van der Waals surface area contributed by atoms with Crippen molar-refractivity contribution >= 4 is 5.69 Å². The Morgan fingerprint density at radius 1 is 1.44 bits per heavy atom. The first-order chi connectivity index (χ1) is 8.18. The van der Waals surface area contributed by atoms with Gasteiger partial charge in [0.25, 0.3) is 6.43 Å². The maximum absolute atomic E-state index is 12.5. The van der Waals surface area contributed by atoms with Gasteiger partial charge in [-0.3, -0.25) is 10.1 Å². The Kier molecular flexibility index (Phi) is 3.45. The van der Waals surface area contributed by atoms with E-state index in [1.165, 1.54) is 0 Å². The number of nitriles is 1. The Bertz CT molecular complexity index is 535. The molecule has 0 aliphatic carbocycles. The number of alkyl halides is 5. The van der Waals surface area contributed by atoms with Crippen LogP contribution in [0.15, 0.2) is 6.07 Å². The van der Waals surface area contributed by atoms with Crippen LogP contribution in [0.4, 0.5) is 27.6 Å². The number of aromatic nitrogens is 1. The average molecular weight is 267 g/mol. The molecule has 5 nitrogen and oxygen atoms in total. The molecule has 0 aliphatic heterocycles. The normalized spacial score (nSPS) is 11.4. The molecule has 0 unspecified atom stereocenters. The Morgan fingerprint density at radius 2 is 2.00 bits per heavy atom. The van der Waals surface area contributed by atoms with E-state index in [1.54, 1.807) is 0 Å². The van der Waals surface area contributed by atoms with Crippen LogP contribution in [-0.2, 0) is 6.18 Å². The van der Waals surface area contributed by atoms with Crippen molar-refractivity contribution in [2.24, 2.45) is 0 Å². The van der Waals surface area contributed by atoms with E-state index in [0.29, 0.717) is 0 Å². The van der Waals surface area contributed by atoms with Crippen LogP contribution >= 0.6 is 0 Å². The smallest absolute Gasteiger partial charge is 0.258 e. The lowest BCUT2D eigenvalue weighted by Gasteiger charge is -2.09. The SMILES string of the molecule is N#Cc1nc(C(F)F)cc(C(F)(F)F)c1[N+](=O)[O-]. The summed E-state index contributed by atoms with van der Waals surface area (Å²) >= 11 is 0. The third-order valence-corrected chi connectivity index (χ3v) is 1.83. The summed E-state index contributed by atoms with van der Waals surface area (Å²) in [5, 5.41) is 18.9. The van der Waals surface area contributed by atoms with Gasteiger partial charge < -0.3 is 0 Å². The fourth-order valence-electron chi connectivity index (χ4n) is 1.15. The largest absolute Gasteiger partial charge is 0.423 e. The van der Waals surface area contributed by atoms with E-state index in [-0.39, 0.29) is 6.07 Å². The Morgan fingerprint density at radius 3 is 2.33 bits per heavy atom. The third-order valence-electron chi connectivity index (χ3n) is 1.83. The van der Waals surface area contributed by atoms with Crippen molar-refractivity contribution in [3.05, 3.63) is 33.1 Å². The molecule has 0 bridgehead atoms. The molecule has 0 fully saturated rings. The van der Waals surface area contributed by atoms with Crippen molar-refractivity contribution in [1.82, 2.24) is 4.98 Å². The molecule has 0 atom stereocenters. The first kappa shape index (κ1) is 13.8. The molecule has 18 heavy (non-hydrogen) atoms. The molecule has 0 amide bonds. The Labute approximate surface area is 95.6 Å². The second-order valence-corrected chi connectivity index (χ2v) is 2.96. The van der Waals surface area contributed by atoms with Gasteiger partial charge in [0.05, 0.1) is 4.92 Å². The summed E-state index contributed by atoms with van der Waals surface area (Å²) in [7, 11) is 0. The maximum atomic E-state index is 12.5. The van der Waals surface area contributed by atoms with Crippen molar-refractivity contribution in [1.29, 1.82) is 5.26 Å². The highest BCUT2D eigenvalue weighted by Crippen LogP contribution is 2.38. The van der Waals surface area contributed by atoms with Gasteiger partial charge in [0.2, 0.25) is 5.69 Å². The van der Waals surface area contributed by atoms with Gasteiger partial charge in [-0.1, -0.05) is 0 Å². The molecule has 1 heterocycles. The van der Waals surface area contributed by atoms with Gasteiger partial charge in [-0.2, -0.15) is 18.4 Å². The molecule has 1 aromatic rings. The van der Waals surface area contributed by atoms with Crippen LogP contribution in [0, 0.1) is 21.4 Å². The van der Waals surface area contributed by atoms with Crippen molar-refractivity contribution in [2.45, 2.75) is 12.6 Å². The zero-order valence-corrected chi connectivity index (χ0v) is 8.20. The molecule has 0 aromatic carbocycles. The van der Waals surface area contributed by atoms with E-state index < -0.39 is 40.2 Å². The third kappa shape index (κ3) is 2.50. The van der Waals surface area contributed by atoms with Gasteiger partial charge in [0.15, 0.2) is 0 Å². The highest BCUT2D eigenvalue weighted by Gasteiger charge is 2.42. The van der Waals surface area contributed by atoms with Crippen LogP contribution in [0.2, 0.25) is 0 Å². The maximum Gasteiger partial charge on any atom is 0.423 e. The minimum atomic E-state index is -5.24. The number of nitro groups is 1. The molecular weight excluding hydrogens is 265 g/mol. The molecule has 1 rings (SSSR count). The highest BCUT2D eigenvalue weighted by atomic mass is 19.4. The summed E-state index contributed by atoms with van der Waals surface area (Å²) in [4.78, 5) is 11.8. The minimum absolute atomic E-state index is 0.135. The first-order valence-electron chi connectivity index (χ1n) is 4.13. The summed E-state index contributed by atoms with van der Waals surface area (Å²) in [6.07, 6.45) is -8.61. The van der Waals surface area contributed by atoms with Crippen LogP contribution in [0.1, 0.15) is 23.4 Å². The molecular formula is C8H2F5N3O2. The number of hydrogen-bond acceptors (Lipinski definition) is 4. The quantitative estimate of drug-likeness (QED) is 0.468. The van der Waals surface area contributed by atoms with E-state index in [1.807, 2.05) is 0 Å². The molecule has 10 heteroatoms. The Balaban J connectivity index is 3.70.